The Labute approximate surface area is 256 Å². The molecule has 9 nitrogen and oxygen atoms in total. The highest BCUT2D eigenvalue weighted by Crippen LogP contribution is 2.59. The van der Waals surface area contributed by atoms with Gasteiger partial charge in [0.05, 0.1) is 24.3 Å². The number of carbonyl (C=O) groups is 2. The lowest BCUT2D eigenvalue weighted by atomic mass is 9.82. The largest absolute Gasteiger partial charge is 0.395 e. The van der Waals surface area contributed by atoms with Crippen LogP contribution in [0.1, 0.15) is 36.1 Å². The quantitative estimate of drug-likeness (QED) is 0.139. The Morgan fingerprint density at radius 2 is 1.82 bits per heavy atom. The molecule has 6 rings (SSSR count). The van der Waals surface area contributed by atoms with Gasteiger partial charge in [0.15, 0.2) is 5.60 Å². The number of ether oxygens (including phenoxy) is 1. The Morgan fingerprint density at radius 1 is 1.11 bits per heavy atom. The van der Waals surface area contributed by atoms with Crippen LogP contribution in [0.3, 0.4) is 0 Å². The summed E-state index contributed by atoms with van der Waals surface area (Å²) in [6.07, 6.45) is 2.41. The van der Waals surface area contributed by atoms with E-state index in [9.17, 15) is 14.7 Å². The molecule has 1 saturated heterocycles. The van der Waals surface area contributed by atoms with Crippen molar-refractivity contribution >= 4 is 37.8 Å². The maximum atomic E-state index is 16.1. The molecule has 0 radical (unpaired) electrons. The van der Waals surface area contributed by atoms with Crippen LogP contribution in [0.2, 0.25) is 18.6 Å². The number of aromatic nitrogens is 3. The van der Waals surface area contributed by atoms with Gasteiger partial charge < -0.3 is 19.3 Å². The summed E-state index contributed by atoms with van der Waals surface area (Å²) in [7, 11) is -3.34. The summed E-state index contributed by atoms with van der Waals surface area (Å²) < 4.78 is 24.5. The Morgan fingerprint density at radius 3 is 2.48 bits per heavy atom. The van der Waals surface area contributed by atoms with Gasteiger partial charge in [0, 0.05) is 46.8 Å². The Hall–Kier alpha value is -4.19. The van der Waals surface area contributed by atoms with E-state index in [1.54, 1.807) is 42.2 Å². The average Bonchev–Trinajstić information content (AvgIpc) is 3.68. The number of nitrogens with zero attached hydrogens (tertiary/aromatic N) is 4. The fourth-order valence-corrected chi connectivity index (χ4v) is 9.57. The molecule has 2 N–H and O–H groups in total. The standard InChI is InChI=1S/C33H36FN5O4Si/c1-22-31(44(2,3)34)30(16-17-38-19-29(36-37-38)26(20-40)23-10-6-4-7-11-23)43-33(22)27-18-25(14-15-28(27)35-32(33)42)39(21-41)24-12-8-5-9-13-24/h4-15,18-19,21-22,26,30-31,40H,16-17,20H2,1-3H3,(H,35,42)/t22-,26?,30+,31-,33+/m1/s1. The fourth-order valence-electron chi connectivity index (χ4n) is 7.03. The van der Waals surface area contributed by atoms with Crippen molar-refractivity contribution in [1.29, 1.82) is 0 Å². The number of anilines is 3. The molecule has 1 aromatic heterocycles. The normalized spacial score (nSPS) is 23.4. The molecule has 3 heterocycles. The molecular formula is C33H36FN5O4Si. The van der Waals surface area contributed by atoms with Crippen molar-refractivity contribution in [1.82, 2.24) is 15.0 Å². The zero-order chi connectivity index (χ0) is 31.1. The summed E-state index contributed by atoms with van der Waals surface area (Å²) in [5.41, 5.74) is 2.18. The van der Waals surface area contributed by atoms with Gasteiger partial charge in [-0.1, -0.05) is 60.7 Å². The van der Waals surface area contributed by atoms with Crippen molar-refractivity contribution in [3.63, 3.8) is 0 Å². The minimum Gasteiger partial charge on any atom is -0.395 e. The summed E-state index contributed by atoms with van der Waals surface area (Å²) in [5, 5.41) is 21.6. The van der Waals surface area contributed by atoms with Crippen LogP contribution in [0.5, 0.6) is 0 Å². The van der Waals surface area contributed by atoms with Gasteiger partial charge in [-0.05, 0) is 55.4 Å². The third kappa shape index (κ3) is 5.14. The number of aryl methyl sites for hydroxylation is 1. The lowest BCUT2D eigenvalue weighted by molar-refractivity contribution is -0.143. The van der Waals surface area contributed by atoms with Crippen LogP contribution >= 0.6 is 0 Å². The van der Waals surface area contributed by atoms with Crippen molar-refractivity contribution in [3.05, 3.63) is 102 Å². The van der Waals surface area contributed by atoms with Crippen LogP contribution < -0.4 is 10.2 Å². The number of halogens is 1. The van der Waals surface area contributed by atoms with E-state index >= 15 is 4.11 Å². The lowest BCUT2D eigenvalue weighted by Gasteiger charge is -2.31. The fraction of sp³-hybridized carbons (Fsp3) is 0.333. The maximum Gasteiger partial charge on any atom is 0.261 e. The number of benzene rings is 3. The minimum atomic E-state index is -3.34. The zero-order valence-corrected chi connectivity index (χ0v) is 25.9. The number of para-hydroxylation sites is 1. The second-order valence-corrected chi connectivity index (χ2v) is 15.9. The Balaban J connectivity index is 1.29. The molecule has 0 bridgehead atoms. The number of aliphatic hydroxyl groups excluding tert-OH is 1. The molecule has 44 heavy (non-hydrogen) atoms. The van der Waals surface area contributed by atoms with Crippen LogP contribution in [0, 0.1) is 5.92 Å². The molecule has 4 aromatic rings. The third-order valence-corrected chi connectivity index (χ3v) is 11.5. The van der Waals surface area contributed by atoms with E-state index in [-0.39, 0.29) is 18.4 Å². The first-order valence-corrected chi connectivity index (χ1v) is 17.8. The molecule has 5 atom stereocenters. The monoisotopic (exact) mass is 613 g/mol. The van der Waals surface area contributed by atoms with E-state index in [2.05, 4.69) is 15.6 Å². The molecule has 0 aliphatic carbocycles. The first kappa shape index (κ1) is 29.9. The topological polar surface area (TPSA) is 110 Å². The Bertz CT molecular complexity index is 1650. The predicted octanol–water partition coefficient (Wildman–Crippen LogP) is 5.51. The van der Waals surface area contributed by atoms with Crippen molar-refractivity contribution < 1.29 is 23.5 Å². The number of nitrogens with one attached hydrogen (secondary N) is 1. The number of hydrogen-bond donors (Lipinski definition) is 2. The summed E-state index contributed by atoms with van der Waals surface area (Å²) >= 11 is 0. The van der Waals surface area contributed by atoms with Crippen molar-refractivity contribution in [2.45, 2.75) is 56.1 Å². The summed E-state index contributed by atoms with van der Waals surface area (Å²) in [6.45, 7) is 5.51. The lowest BCUT2D eigenvalue weighted by Crippen LogP contribution is -2.42. The van der Waals surface area contributed by atoms with E-state index in [0.717, 1.165) is 12.0 Å². The van der Waals surface area contributed by atoms with Gasteiger partial charge in [0.1, 0.15) is 0 Å². The number of amides is 2. The number of hydrogen-bond acceptors (Lipinski definition) is 6. The highest BCUT2D eigenvalue weighted by atomic mass is 28.4. The number of carbonyl (C=O) groups excluding carboxylic acids is 2. The summed E-state index contributed by atoms with van der Waals surface area (Å²) in [6, 6.07) is 24.2. The zero-order valence-electron chi connectivity index (χ0n) is 24.9. The number of aliphatic hydroxyl groups is 1. The van der Waals surface area contributed by atoms with Gasteiger partial charge in [-0.3, -0.25) is 19.2 Å². The molecule has 1 fully saturated rings. The van der Waals surface area contributed by atoms with Crippen LogP contribution in [-0.2, 0) is 26.5 Å². The number of fused-ring (bicyclic) bond motifs is 2. The Kier molecular flexibility index (Phi) is 7.95. The molecule has 1 spiro atoms. The van der Waals surface area contributed by atoms with E-state index in [4.69, 9.17) is 4.74 Å². The molecule has 2 aliphatic rings. The molecule has 2 aliphatic heterocycles. The maximum absolute atomic E-state index is 16.1. The second-order valence-electron chi connectivity index (χ2n) is 12.1. The second kappa shape index (κ2) is 11.7. The van der Waals surface area contributed by atoms with Gasteiger partial charge in [-0.25, -0.2) is 0 Å². The molecule has 11 heteroatoms. The van der Waals surface area contributed by atoms with Gasteiger partial charge in [-0.2, -0.15) is 0 Å². The van der Waals surface area contributed by atoms with E-state index in [1.807, 2.05) is 67.6 Å². The predicted molar refractivity (Wildman–Crippen MR) is 168 cm³/mol. The van der Waals surface area contributed by atoms with E-state index in [1.165, 1.54) is 4.90 Å². The van der Waals surface area contributed by atoms with Crippen LogP contribution in [0.25, 0.3) is 0 Å². The SMILES string of the molecule is C[C@@H]1[C@@H]([Si](C)(C)F)[C@H](CCn2cc(C(CO)c3ccccc3)nn2)O[C@@]12C(=O)Nc1ccc(N(C=O)c3ccccc3)cc12. The van der Waals surface area contributed by atoms with Gasteiger partial charge in [0.25, 0.3) is 5.91 Å². The smallest absolute Gasteiger partial charge is 0.261 e. The first-order chi connectivity index (χ1) is 21.2. The average molecular weight is 614 g/mol. The van der Waals surface area contributed by atoms with Crippen LogP contribution in [0.15, 0.2) is 85.1 Å². The minimum absolute atomic E-state index is 0.111. The summed E-state index contributed by atoms with van der Waals surface area (Å²) in [5.74, 6) is -1.09. The molecule has 228 valence electrons. The van der Waals surface area contributed by atoms with Gasteiger partial charge in [-0.15, -0.1) is 5.10 Å². The number of rotatable bonds is 10. The van der Waals surface area contributed by atoms with E-state index < -0.39 is 31.6 Å². The summed E-state index contributed by atoms with van der Waals surface area (Å²) in [4.78, 5) is 27.4. The first-order valence-electron chi connectivity index (χ1n) is 14.9. The third-order valence-electron chi connectivity index (χ3n) is 9.06. The molecular weight excluding hydrogens is 577 g/mol. The van der Waals surface area contributed by atoms with Crippen molar-refractivity contribution in [2.24, 2.45) is 5.92 Å². The highest BCUT2D eigenvalue weighted by Gasteiger charge is 2.65. The van der Waals surface area contributed by atoms with Crippen LogP contribution in [0.4, 0.5) is 21.2 Å². The highest BCUT2D eigenvalue weighted by molar-refractivity contribution is 6.72. The van der Waals surface area contributed by atoms with Crippen molar-refractivity contribution in [3.8, 4) is 0 Å². The van der Waals surface area contributed by atoms with E-state index in [0.29, 0.717) is 41.3 Å². The van der Waals surface area contributed by atoms with Gasteiger partial charge >= 0.3 is 0 Å². The molecule has 2 amide bonds. The van der Waals surface area contributed by atoms with Crippen molar-refractivity contribution in [2.75, 3.05) is 16.8 Å². The molecule has 1 unspecified atom stereocenters. The van der Waals surface area contributed by atoms with Crippen LogP contribution in [-0.4, -0.2) is 53.5 Å². The molecule has 0 saturated carbocycles. The van der Waals surface area contributed by atoms with Gasteiger partial charge in [0.2, 0.25) is 14.8 Å². The molecule has 3 aromatic carbocycles.